The number of aromatic amines is 2. The van der Waals surface area contributed by atoms with Crippen molar-refractivity contribution >= 4 is 57.5 Å². The Morgan fingerprint density at radius 3 is 2.28 bits per heavy atom. The molecule has 0 amide bonds. The predicted molar refractivity (Wildman–Crippen MR) is 177 cm³/mol. The molecule has 2 aliphatic heterocycles. The Morgan fingerprint density at radius 1 is 0.926 bits per heavy atom. The summed E-state index contributed by atoms with van der Waals surface area (Å²) in [4.78, 5) is 71.6. The molecule has 2 aliphatic rings. The molecule has 2 saturated heterocycles. The molecule has 27 nitrogen and oxygen atoms in total. The highest BCUT2D eigenvalue weighted by atomic mass is 31.3. The minimum atomic E-state index is -5.86. The third-order valence-corrected chi connectivity index (χ3v) is 14.0. The van der Waals surface area contributed by atoms with E-state index in [9.17, 15) is 58.4 Å². The summed E-state index contributed by atoms with van der Waals surface area (Å²) in [6.45, 7) is 0.0690. The molecule has 0 radical (unpaired) electrons. The Morgan fingerprint density at radius 2 is 1.57 bits per heavy atom. The molecule has 0 aromatic carbocycles. The van der Waals surface area contributed by atoms with Crippen molar-refractivity contribution in [3.63, 3.8) is 0 Å². The molecular formula is C24H36N10O17P3+. The van der Waals surface area contributed by atoms with E-state index in [4.69, 9.17) is 20.9 Å². The van der Waals surface area contributed by atoms with Crippen molar-refractivity contribution in [3.8, 4) is 0 Å². The second kappa shape index (κ2) is 14.5. The van der Waals surface area contributed by atoms with Gasteiger partial charge in [-0.3, -0.25) is 37.8 Å². The molecule has 54 heavy (non-hydrogen) atoms. The number of hydrogen-bond donors (Lipinski definition) is 11. The molecular weight excluding hydrogens is 793 g/mol. The van der Waals surface area contributed by atoms with Gasteiger partial charge < -0.3 is 56.0 Å². The van der Waals surface area contributed by atoms with Gasteiger partial charge in [-0.05, 0) is 12.8 Å². The summed E-state index contributed by atoms with van der Waals surface area (Å²) in [6, 6.07) is 0. The van der Waals surface area contributed by atoms with Crippen LogP contribution in [0.1, 0.15) is 32.2 Å². The fourth-order valence-electron chi connectivity index (χ4n) is 6.01. The van der Waals surface area contributed by atoms with Gasteiger partial charge >= 0.3 is 28.9 Å². The molecule has 30 heteroatoms. The standard InChI is InChI=1S/C24H35N10O17P3/c1-8(3-4-9-13(35)15(37)22(48-9)34-7-32(2)12-18(34)29-24(26)31-20(12)40)52(41,42)50-54(45,46)51-53(43,44)47-5-10-14(36)16(38)21(49-10)33-6-27-11-17(33)28-23(25)30-19(11)39/h6-10,13-16,21-22,35-38H,3-5H2,1-2H3,(H8-,25,26,28,29,30,31,39,40,41,42,43,44,45,46)/p+1/t8?,9-,10-,13?,14+,15?,16?,21-,22-/m1/s1. The van der Waals surface area contributed by atoms with Crippen molar-refractivity contribution in [1.29, 1.82) is 0 Å². The quantitative estimate of drug-likeness (QED) is 0.0464. The minimum Gasteiger partial charge on any atom is -0.387 e. The molecule has 0 bridgehead atoms. The normalized spacial score (nSPS) is 30.0. The number of ether oxygens (including phenoxy) is 2. The number of phosphoric ester groups is 1. The number of H-pyrrole nitrogens is 2. The highest BCUT2D eigenvalue weighted by Crippen LogP contribution is 2.69. The molecule has 0 saturated carbocycles. The molecule has 6 rings (SSSR count). The fraction of sp³-hybridized carbons (Fsp3) is 0.583. The average Bonchev–Trinajstić information content (AvgIpc) is 3.77. The van der Waals surface area contributed by atoms with E-state index in [0.29, 0.717) is 0 Å². The molecule has 6 heterocycles. The lowest BCUT2D eigenvalue weighted by molar-refractivity contribution is -0.745. The zero-order valence-electron chi connectivity index (χ0n) is 27.9. The van der Waals surface area contributed by atoms with Gasteiger partial charge in [0.15, 0.2) is 23.7 Å². The molecule has 12 atom stereocenters. The number of anilines is 2. The van der Waals surface area contributed by atoms with Gasteiger partial charge in [-0.15, -0.1) is 0 Å². The van der Waals surface area contributed by atoms with Crippen LogP contribution in [0.25, 0.3) is 22.3 Å². The minimum absolute atomic E-state index is 0.0282. The van der Waals surface area contributed by atoms with Crippen molar-refractivity contribution in [3.05, 3.63) is 33.4 Å². The maximum atomic E-state index is 13.0. The van der Waals surface area contributed by atoms with Crippen LogP contribution < -0.4 is 27.2 Å². The number of nitrogens with two attached hydrogens (primary N) is 2. The number of aliphatic hydroxyl groups is 4. The van der Waals surface area contributed by atoms with Crippen molar-refractivity contribution < 1.29 is 76.0 Å². The van der Waals surface area contributed by atoms with Crippen molar-refractivity contribution in [2.24, 2.45) is 7.05 Å². The van der Waals surface area contributed by atoms with E-state index in [1.165, 1.54) is 22.5 Å². The van der Waals surface area contributed by atoms with Crippen LogP contribution in [0.3, 0.4) is 0 Å². The van der Waals surface area contributed by atoms with E-state index in [-0.39, 0.29) is 47.1 Å². The maximum Gasteiger partial charge on any atom is 0.488 e. The summed E-state index contributed by atoms with van der Waals surface area (Å²) in [7, 11) is -15.1. The number of nitrogens with one attached hydrogen (secondary N) is 2. The second-order valence-electron chi connectivity index (χ2n) is 12.5. The van der Waals surface area contributed by atoms with Crippen LogP contribution in [0, 0.1) is 0 Å². The molecule has 298 valence electrons. The van der Waals surface area contributed by atoms with E-state index in [1.807, 2.05) is 0 Å². The highest BCUT2D eigenvalue weighted by molar-refractivity contribution is 7.68. The van der Waals surface area contributed by atoms with Crippen LogP contribution in [-0.2, 0) is 43.4 Å². The third-order valence-electron chi connectivity index (χ3n) is 8.72. The number of hydrogen-bond acceptors (Lipinski definition) is 19. The number of rotatable bonds is 13. The lowest BCUT2D eigenvalue weighted by Crippen LogP contribution is -2.46. The van der Waals surface area contributed by atoms with Crippen LogP contribution in [-0.4, -0.2) is 118 Å². The van der Waals surface area contributed by atoms with Crippen LogP contribution in [0.2, 0.25) is 0 Å². The monoisotopic (exact) mass is 829 g/mol. The predicted octanol–water partition coefficient (Wildman–Crippen LogP) is -3.31. The first kappa shape index (κ1) is 40.2. The smallest absolute Gasteiger partial charge is 0.387 e. The van der Waals surface area contributed by atoms with E-state index in [2.05, 4.69) is 38.1 Å². The van der Waals surface area contributed by atoms with E-state index < -0.39 is 95.7 Å². The lowest BCUT2D eigenvalue weighted by Gasteiger charge is -2.23. The van der Waals surface area contributed by atoms with Gasteiger partial charge in [0.25, 0.3) is 17.1 Å². The highest BCUT2D eigenvalue weighted by Gasteiger charge is 2.50. The number of aromatic nitrogens is 8. The number of phosphoric acid groups is 2. The van der Waals surface area contributed by atoms with Crippen LogP contribution >= 0.6 is 23.2 Å². The zero-order valence-corrected chi connectivity index (χ0v) is 30.5. The van der Waals surface area contributed by atoms with Crippen molar-refractivity contribution in [2.75, 3.05) is 18.1 Å². The summed E-state index contributed by atoms with van der Waals surface area (Å²) < 4.78 is 66.4. The van der Waals surface area contributed by atoms with Crippen molar-refractivity contribution in [1.82, 2.24) is 34.1 Å². The Balaban J connectivity index is 1.04. The van der Waals surface area contributed by atoms with Gasteiger partial charge in [0.05, 0.1) is 31.7 Å². The van der Waals surface area contributed by atoms with E-state index >= 15 is 0 Å². The molecule has 0 aliphatic carbocycles. The number of nitrogens with zero attached hydrogens (tertiary/aromatic N) is 6. The van der Waals surface area contributed by atoms with Gasteiger partial charge in [0.1, 0.15) is 30.5 Å². The van der Waals surface area contributed by atoms with Gasteiger partial charge in [-0.2, -0.15) is 9.29 Å². The summed E-state index contributed by atoms with van der Waals surface area (Å²) in [5.41, 5.74) is 8.22. The molecule has 4 aromatic rings. The van der Waals surface area contributed by atoms with Crippen molar-refractivity contribution in [2.45, 2.75) is 74.5 Å². The molecule has 2 fully saturated rings. The van der Waals surface area contributed by atoms with Crippen LogP contribution in [0.4, 0.5) is 11.9 Å². The summed E-state index contributed by atoms with van der Waals surface area (Å²) >= 11 is 0. The van der Waals surface area contributed by atoms with Crippen LogP contribution in [0.15, 0.2) is 22.2 Å². The fourth-order valence-corrected chi connectivity index (χ4v) is 10.3. The zero-order chi connectivity index (χ0) is 39.7. The summed E-state index contributed by atoms with van der Waals surface area (Å²) in [6.07, 6.45) is -10.3. The molecule has 13 N–H and O–H groups in total. The molecule has 7 unspecified atom stereocenters. The second-order valence-corrected chi connectivity index (χ2v) is 18.0. The lowest BCUT2D eigenvalue weighted by atomic mass is 10.1. The first-order valence-electron chi connectivity index (χ1n) is 15.7. The Labute approximate surface area is 300 Å². The number of imidazole rings is 2. The third kappa shape index (κ3) is 7.80. The molecule has 4 aromatic heterocycles. The number of fused-ring (bicyclic) bond motifs is 2. The largest absolute Gasteiger partial charge is 0.488 e. The average molecular weight is 830 g/mol. The summed E-state index contributed by atoms with van der Waals surface area (Å²) in [5, 5.41) is 42.5. The number of nitrogen functional groups attached to an aromatic ring is 2. The number of aryl methyl sites for hydroxylation is 1. The van der Waals surface area contributed by atoms with Crippen LogP contribution in [0.5, 0.6) is 0 Å². The first-order chi connectivity index (χ1) is 25.1. The van der Waals surface area contributed by atoms with Gasteiger partial charge in [-0.25, -0.2) is 23.0 Å². The Bertz CT molecular complexity index is 2330. The Kier molecular flexibility index (Phi) is 10.8. The van der Waals surface area contributed by atoms with Gasteiger partial charge in [-0.1, -0.05) is 11.9 Å². The number of aliphatic hydroxyl groups excluding tert-OH is 4. The van der Waals surface area contributed by atoms with E-state index in [1.54, 1.807) is 0 Å². The topological polar surface area (TPSA) is 409 Å². The maximum absolute atomic E-state index is 13.0. The SMILES string of the molecule is CC(CC[C@H]1O[C@@H]([n+]2cn(C)c3c(=O)[nH]c(N)nc32)C(O)C1O)P(=O)(O)OP(=O)(O)OP(=O)(O)OC[C@H]1O[C@@H](n2cnc3c(=O)[nH]c(N)nc32)C(O)[C@H]1O. The summed E-state index contributed by atoms with van der Waals surface area (Å²) in [5.74, 6) is -0.520. The van der Waals surface area contributed by atoms with Gasteiger partial charge in [0.2, 0.25) is 17.7 Å². The first-order valence-corrected chi connectivity index (χ1v) is 20.3. The molecule has 0 spiro atoms. The Hall–Kier alpha value is -3.49. The van der Waals surface area contributed by atoms with Gasteiger partial charge in [0, 0.05) is 0 Å². The van der Waals surface area contributed by atoms with E-state index in [0.717, 1.165) is 17.8 Å².